The smallest absolute Gasteiger partial charge is 0.391 e. The molecule has 0 rings (SSSR count). The van der Waals surface area contributed by atoms with E-state index >= 15 is 0 Å². The minimum Gasteiger partial charge on any atom is -0.391 e. The van der Waals surface area contributed by atoms with E-state index in [1.54, 1.807) is 0 Å². The number of aliphatic hydroxyl groups is 1. The number of carbonyl (C=O) groups excluding carboxylic acids is 1. The van der Waals surface area contributed by atoms with Crippen molar-refractivity contribution in [2.24, 2.45) is 5.73 Å². The molecule has 0 aliphatic heterocycles. The molecule has 0 aliphatic carbocycles. The van der Waals surface area contributed by atoms with Gasteiger partial charge in [-0.3, -0.25) is 13.8 Å². The van der Waals surface area contributed by atoms with Gasteiger partial charge in [-0.05, 0) is 57.8 Å². The predicted molar refractivity (Wildman–Crippen MR) is 212 cm³/mol. The number of hydrogen-bond donors (Lipinski definition) is 4. The molecule has 0 radical (unpaired) electrons. The number of hydrogen-bond acceptors (Lipinski definition) is 6. The average molecular weight is 723 g/mol. The highest BCUT2D eigenvalue weighted by molar-refractivity contribution is 7.47. The van der Waals surface area contributed by atoms with Crippen molar-refractivity contribution >= 4 is 13.7 Å². The fraction of sp³-hybridized carbons (Fsp3) is 0.732. The first-order valence-corrected chi connectivity index (χ1v) is 21.4. The molecular weight excluding hydrogens is 647 g/mol. The van der Waals surface area contributed by atoms with Gasteiger partial charge in [0.05, 0.1) is 25.4 Å². The Morgan fingerprint density at radius 3 is 1.70 bits per heavy atom. The minimum absolute atomic E-state index is 0.0822. The molecule has 0 aromatic carbocycles. The highest BCUT2D eigenvalue weighted by Crippen LogP contribution is 2.43. The molecule has 3 unspecified atom stereocenters. The largest absolute Gasteiger partial charge is 0.472 e. The van der Waals surface area contributed by atoms with Crippen molar-refractivity contribution < 1.29 is 28.4 Å². The molecule has 1 amide bonds. The summed E-state index contributed by atoms with van der Waals surface area (Å²) in [6.07, 6.45) is 45.1. The Morgan fingerprint density at radius 1 is 0.680 bits per heavy atom. The van der Waals surface area contributed by atoms with Crippen LogP contribution in [-0.4, -0.2) is 47.8 Å². The number of rotatable bonds is 36. The van der Waals surface area contributed by atoms with Crippen LogP contribution in [0.1, 0.15) is 162 Å². The van der Waals surface area contributed by atoms with E-state index in [4.69, 9.17) is 14.8 Å². The zero-order valence-electron chi connectivity index (χ0n) is 31.9. The van der Waals surface area contributed by atoms with Gasteiger partial charge in [0.2, 0.25) is 5.91 Å². The summed E-state index contributed by atoms with van der Waals surface area (Å²) >= 11 is 0. The molecule has 3 atom stereocenters. The van der Waals surface area contributed by atoms with E-state index in [0.29, 0.717) is 12.8 Å². The van der Waals surface area contributed by atoms with Crippen LogP contribution in [-0.2, 0) is 18.4 Å². The second kappa shape index (κ2) is 37.0. The third-order valence-electron chi connectivity index (χ3n) is 8.39. The lowest BCUT2D eigenvalue weighted by Gasteiger charge is -2.25. The normalized spacial score (nSPS) is 14.9. The molecule has 0 aliphatic rings. The van der Waals surface area contributed by atoms with Crippen LogP contribution in [0.5, 0.6) is 0 Å². The Balaban J connectivity index is 4.22. The summed E-state index contributed by atoms with van der Waals surface area (Å²) in [4.78, 5) is 22.6. The first kappa shape index (κ1) is 48.2. The van der Waals surface area contributed by atoms with E-state index in [1.165, 1.54) is 44.9 Å². The van der Waals surface area contributed by atoms with Gasteiger partial charge >= 0.3 is 7.82 Å². The number of nitrogens with one attached hydrogen (secondary N) is 1. The molecule has 0 fully saturated rings. The van der Waals surface area contributed by atoms with Crippen molar-refractivity contribution in [1.29, 1.82) is 0 Å². The van der Waals surface area contributed by atoms with Crippen LogP contribution in [0.25, 0.3) is 0 Å². The third kappa shape index (κ3) is 34.6. The molecule has 290 valence electrons. The molecule has 8 nitrogen and oxygen atoms in total. The van der Waals surface area contributed by atoms with E-state index < -0.39 is 20.0 Å². The van der Waals surface area contributed by atoms with E-state index in [-0.39, 0.29) is 25.7 Å². The summed E-state index contributed by atoms with van der Waals surface area (Å²) in [7, 11) is -4.32. The number of allylic oxidation sites excluding steroid dienone is 10. The Hall–Kier alpha value is -1.80. The first-order chi connectivity index (χ1) is 24.4. The molecular formula is C41H75N2O6P. The number of phosphoric acid groups is 1. The standard InChI is InChI=1S/C41H75N2O6P/c1-3-5-7-9-11-13-15-16-17-18-19-20-21-22-23-24-25-27-29-31-33-35-41(45)43-39(38-49-50(46,47)48-37-36-42)40(44)34-32-30-28-26-14-12-10-8-6-4-2/h5,7,11,13,16-17,19-20,22-23,39-40,44H,3-4,6,8-10,12,14-15,18,21,24-38,42H2,1-2H3,(H,43,45)(H,46,47)/b7-5-,13-11-,17-16-,20-19-,23-22-. The van der Waals surface area contributed by atoms with E-state index in [2.05, 4.69) is 79.9 Å². The number of aliphatic hydroxyl groups excluding tert-OH is 1. The Kier molecular flexibility index (Phi) is 35.6. The summed E-state index contributed by atoms with van der Waals surface area (Å²) in [6, 6.07) is -0.786. The summed E-state index contributed by atoms with van der Waals surface area (Å²) in [5, 5.41) is 13.7. The van der Waals surface area contributed by atoms with Crippen molar-refractivity contribution in [3.8, 4) is 0 Å². The molecule has 5 N–H and O–H groups in total. The summed E-state index contributed by atoms with van der Waals surface area (Å²) in [6.45, 7) is 4.04. The number of phosphoric ester groups is 1. The second-order valence-electron chi connectivity index (χ2n) is 13.1. The highest BCUT2D eigenvalue weighted by Gasteiger charge is 2.27. The Labute approximate surface area is 306 Å². The summed E-state index contributed by atoms with van der Waals surface area (Å²) in [5.74, 6) is -0.185. The van der Waals surface area contributed by atoms with Gasteiger partial charge in [-0.25, -0.2) is 4.57 Å². The zero-order valence-corrected chi connectivity index (χ0v) is 32.8. The van der Waals surface area contributed by atoms with Crippen LogP contribution < -0.4 is 11.1 Å². The average Bonchev–Trinajstić information content (AvgIpc) is 3.10. The van der Waals surface area contributed by atoms with Gasteiger partial charge in [-0.1, -0.05) is 158 Å². The van der Waals surface area contributed by atoms with Crippen LogP contribution in [0.2, 0.25) is 0 Å². The van der Waals surface area contributed by atoms with Crippen molar-refractivity contribution in [2.75, 3.05) is 19.8 Å². The number of nitrogens with two attached hydrogens (primary N) is 1. The molecule has 0 bridgehead atoms. The van der Waals surface area contributed by atoms with Gasteiger partial charge in [0.1, 0.15) is 0 Å². The minimum atomic E-state index is -4.32. The van der Waals surface area contributed by atoms with Crippen molar-refractivity contribution in [2.45, 2.75) is 174 Å². The van der Waals surface area contributed by atoms with Gasteiger partial charge in [0.15, 0.2) is 0 Å². The molecule has 0 spiro atoms. The monoisotopic (exact) mass is 723 g/mol. The number of carbonyl (C=O) groups is 1. The Bertz CT molecular complexity index is 965. The molecule has 0 saturated carbocycles. The van der Waals surface area contributed by atoms with Crippen LogP contribution >= 0.6 is 7.82 Å². The van der Waals surface area contributed by atoms with E-state index in [1.807, 2.05) is 0 Å². The zero-order chi connectivity index (χ0) is 36.8. The van der Waals surface area contributed by atoms with Crippen LogP contribution in [0, 0.1) is 0 Å². The topological polar surface area (TPSA) is 131 Å². The maximum absolute atomic E-state index is 12.7. The Morgan fingerprint density at radius 2 is 1.16 bits per heavy atom. The summed E-state index contributed by atoms with van der Waals surface area (Å²) in [5.41, 5.74) is 5.36. The SMILES string of the molecule is CC/C=C\C/C=C\C/C=C\C/C=C\C/C=C\CCCCCCCC(=O)NC(COP(=O)(O)OCCN)C(O)CCCCCCCCCCCC. The molecule has 9 heteroatoms. The lowest BCUT2D eigenvalue weighted by molar-refractivity contribution is -0.123. The second-order valence-corrected chi connectivity index (χ2v) is 14.6. The fourth-order valence-corrected chi connectivity index (χ4v) is 6.16. The lowest BCUT2D eigenvalue weighted by atomic mass is 10.0. The van der Waals surface area contributed by atoms with Crippen LogP contribution in [0.3, 0.4) is 0 Å². The molecule has 0 saturated heterocycles. The lowest BCUT2D eigenvalue weighted by Crippen LogP contribution is -2.46. The maximum atomic E-state index is 12.7. The van der Waals surface area contributed by atoms with E-state index in [9.17, 15) is 19.4 Å². The molecule has 0 aromatic rings. The third-order valence-corrected chi connectivity index (χ3v) is 9.37. The maximum Gasteiger partial charge on any atom is 0.472 e. The van der Waals surface area contributed by atoms with Gasteiger partial charge in [-0.15, -0.1) is 0 Å². The van der Waals surface area contributed by atoms with Gasteiger partial charge in [-0.2, -0.15) is 0 Å². The van der Waals surface area contributed by atoms with Crippen LogP contribution in [0.4, 0.5) is 0 Å². The molecule has 0 heterocycles. The summed E-state index contributed by atoms with van der Waals surface area (Å²) < 4.78 is 22.1. The van der Waals surface area contributed by atoms with Crippen molar-refractivity contribution in [3.63, 3.8) is 0 Å². The van der Waals surface area contributed by atoms with Crippen LogP contribution in [0.15, 0.2) is 60.8 Å². The van der Waals surface area contributed by atoms with E-state index in [0.717, 1.165) is 89.9 Å². The highest BCUT2D eigenvalue weighted by atomic mass is 31.2. The fourth-order valence-electron chi connectivity index (χ4n) is 5.40. The van der Waals surface area contributed by atoms with Crippen molar-refractivity contribution in [1.82, 2.24) is 5.32 Å². The quantitative estimate of drug-likeness (QED) is 0.0288. The first-order valence-electron chi connectivity index (χ1n) is 19.9. The van der Waals surface area contributed by atoms with Gasteiger partial charge in [0.25, 0.3) is 0 Å². The van der Waals surface area contributed by atoms with Gasteiger partial charge < -0.3 is 21.1 Å². The molecule has 50 heavy (non-hydrogen) atoms. The number of amides is 1. The predicted octanol–water partition coefficient (Wildman–Crippen LogP) is 10.7. The van der Waals surface area contributed by atoms with Gasteiger partial charge in [0, 0.05) is 13.0 Å². The molecule has 0 aromatic heterocycles. The number of unbranched alkanes of at least 4 members (excludes halogenated alkanes) is 14. The van der Waals surface area contributed by atoms with Crippen molar-refractivity contribution in [3.05, 3.63) is 60.8 Å².